The summed E-state index contributed by atoms with van der Waals surface area (Å²) in [6, 6.07) is 9.61. The Morgan fingerprint density at radius 2 is 1.68 bits per heavy atom. The first-order chi connectivity index (χ1) is 11.8. The van der Waals surface area contributed by atoms with Crippen molar-refractivity contribution in [2.75, 3.05) is 11.9 Å². The zero-order valence-electron chi connectivity index (χ0n) is 14.4. The van der Waals surface area contributed by atoms with Crippen LogP contribution in [0.3, 0.4) is 0 Å². The summed E-state index contributed by atoms with van der Waals surface area (Å²) < 4.78 is 17.7. The normalized spacial score (nSPS) is 10.7. The molecule has 0 saturated carbocycles. The van der Waals surface area contributed by atoms with Crippen LogP contribution in [0.1, 0.15) is 22.3 Å². The van der Waals surface area contributed by atoms with E-state index in [1.165, 1.54) is 36.4 Å². The molecule has 0 aliphatic carbocycles. The number of rotatable bonds is 5. The lowest BCUT2D eigenvalue weighted by atomic mass is 10.1. The first-order valence-corrected chi connectivity index (χ1v) is 7.83. The molecule has 25 heavy (non-hydrogen) atoms. The van der Waals surface area contributed by atoms with Crippen LogP contribution in [-0.4, -0.2) is 18.5 Å². The molecule has 1 amide bonds. The second-order valence-electron chi connectivity index (χ2n) is 5.81. The van der Waals surface area contributed by atoms with Gasteiger partial charge in [-0.15, -0.1) is 0 Å². The number of hydrogen-bond acceptors (Lipinski definition) is 3. The molecule has 2 aromatic carbocycles. The average molecular weight is 341 g/mol. The number of nitrogens with one attached hydrogen (secondary N) is 1. The second-order valence-corrected chi connectivity index (χ2v) is 5.81. The Kier molecular flexibility index (Phi) is 6.06. The predicted molar refractivity (Wildman–Crippen MR) is 95.7 cm³/mol. The predicted octanol–water partition coefficient (Wildman–Crippen LogP) is 3.95. The van der Waals surface area contributed by atoms with E-state index < -0.39 is 11.9 Å². The molecule has 4 nitrogen and oxygen atoms in total. The first-order valence-electron chi connectivity index (χ1n) is 7.83. The molecule has 0 spiro atoms. The van der Waals surface area contributed by atoms with Crippen LogP contribution in [0.2, 0.25) is 0 Å². The second kappa shape index (κ2) is 8.24. The number of benzene rings is 2. The number of halogens is 1. The Hall–Kier alpha value is -2.95. The van der Waals surface area contributed by atoms with E-state index in [4.69, 9.17) is 4.74 Å². The van der Waals surface area contributed by atoms with Gasteiger partial charge in [-0.25, -0.2) is 9.18 Å². The lowest BCUT2D eigenvalue weighted by Gasteiger charge is -2.12. The third-order valence-electron chi connectivity index (χ3n) is 3.57. The van der Waals surface area contributed by atoms with E-state index in [1.54, 1.807) is 0 Å². The highest BCUT2D eigenvalue weighted by Crippen LogP contribution is 2.21. The highest BCUT2D eigenvalue weighted by atomic mass is 19.1. The summed E-state index contributed by atoms with van der Waals surface area (Å²) in [5.74, 6) is -1.39. The van der Waals surface area contributed by atoms with Gasteiger partial charge in [-0.1, -0.05) is 29.8 Å². The maximum absolute atomic E-state index is 12.8. The van der Waals surface area contributed by atoms with Gasteiger partial charge in [0.1, 0.15) is 5.82 Å². The van der Waals surface area contributed by atoms with Crippen LogP contribution < -0.4 is 5.32 Å². The van der Waals surface area contributed by atoms with Gasteiger partial charge >= 0.3 is 5.97 Å². The van der Waals surface area contributed by atoms with Gasteiger partial charge in [0, 0.05) is 11.8 Å². The van der Waals surface area contributed by atoms with Gasteiger partial charge in [0.15, 0.2) is 6.61 Å². The molecule has 130 valence electrons. The lowest BCUT2D eigenvalue weighted by molar-refractivity contribution is -0.142. The topological polar surface area (TPSA) is 55.4 Å². The fourth-order valence-electron chi connectivity index (χ4n) is 2.48. The van der Waals surface area contributed by atoms with Crippen LogP contribution in [0.25, 0.3) is 6.08 Å². The molecular weight excluding hydrogens is 321 g/mol. The zero-order valence-corrected chi connectivity index (χ0v) is 14.4. The lowest BCUT2D eigenvalue weighted by Crippen LogP contribution is -2.21. The van der Waals surface area contributed by atoms with Gasteiger partial charge < -0.3 is 10.1 Å². The number of esters is 1. The van der Waals surface area contributed by atoms with Crippen molar-refractivity contribution >= 4 is 23.6 Å². The summed E-state index contributed by atoms with van der Waals surface area (Å²) in [5.41, 5.74) is 4.41. The van der Waals surface area contributed by atoms with Crippen molar-refractivity contribution in [1.82, 2.24) is 0 Å². The molecule has 0 heterocycles. The smallest absolute Gasteiger partial charge is 0.331 e. The molecule has 2 aromatic rings. The molecule has 5 heteroatoms. The van der Waals surface area contributed by atoms with Crippen molar-refractivity contribution in [2.24, 2.45) is 0 Å². The molecule has 0 aliphatic rings. The summed E-state index contributed by atoms with van der Waals surface area (Å²) in [6.07, 6.45) is 2.69. The van der Waals surface area contributed by atoms with Crippen molar-refractivity contribution < 1.29 is 18.7 Å². The van der Waals surface area contributed by atoms with E-state index in [0.29, 0.717) is 5.56 Å². The number of anilines is 1. The van der Waals surface area contributed by atoms with Gasteiger partial charge in [0.25, 0.3) is 5.91 Å². The van der Waals surface area contributed by atoms with Crippen molar-refractivity contribution in [3.8, 4) is 0 Å². The van der Waals surface area contributed by atoms with Crippen molar-refractivity contribution in [3.63, 3.8) is 0 Å². The van der Waals surface area contributed by atoms with Crippen LogP contribution in [-0.2, 0) is 14.3 Å². The summed E-state index contributed by atoms with van der Waals surface area (Å²) in [4.78, 5) is 23.6. The molecule has 0 bridgehead atoms. The van der Waals surface area contributed by atoms with Gasteiger partial charge in [-0.2, -0.15) is 0 Å². The van der Waals surface area contributed by atoms with Crippen molar-refractivity contribution in [3.05, 3.63) is 70.5 Å². The van der Waals surface area contributed by atoms with Crippen LogP contribution in [0.5, 0.6) is 0 Å². The molecule has 0 radical (unpaired) electrons. The maximum atomic E-state index is 12.8. The van der Waals surface area contributed by atoms with Gasteiger partial charge in [-0.3, -0.25) is 4.79 Å². The van der Waals surface area contributed by atoms with Gasteiger partial charge in [0.2, 0.25) is 0 Å². The third-order valence-corrected chi connectivity index (χ3v) is 3.57. The summed E-state index contributed by atoms with van der Waals surface area (Å²) >= 11 is 0. The molecule has 0 atom stereocenters. The van der Waals surface area contributed by atoms with E-state index >= 15 is 0 Å². The number of ether oxygens (including phenoxy) is 1. The number of amides is 1. The average Bonchev–Trinajstić information content (AvgIpc) is 2.55. The van der Waals surface area contributed by atoms with E-state index in [1.807, 2.05) is 32.9 Å². The quantitative estimate of drug-likeness (QED) is 0.662. The van der Waals surface area contributed by atoms with Crippen LogP contribution in [0.4, 0.5) is 10.1 Å². The van der Waals surface area contributed by atoms with Crippen LogP contribution >= 0.6 is 0 Å². The Bertz CT molecular complexity index is 787. The standard InChI is InChI=1S/C20H20FNO3/c1-13-10-14(2)20(15(3)11-13)22-18(23)12-25-19(24)9-6-16-4-7-17(21)8-5-16/h4-11H,12H2,1-3H3,(H,22,23)/b9-6+. The van der Waals surface area contributed by atoms with E-state index in [0.717, 1.165) is 22.4 Å². The fourth-order valence-corrected chi connectivity index (χ4v) is 2.48. The minimum atomic E-state index is -0.642. The Morgan fingerprint density at radius 1 is 1.08 bits per heavy atom. The monoisotopic (exact) mass is 341 g/mol. The minimum absolute atomic E-state index is 0.349. The maximum Gasteiger partial charge on any atom is 0.331 e. The van der Waals surface area contributed by atoms with Gasteiger partial charge in [0.05, 0.1) is 0 Å². The Morgan fingerprint density at radius 3 is 2.28 bits per heavy atom. The molecule has 2 rings (SSSR count). The molecule has 1 N–H and O–H groups in total. The summed E-state index contributed by atoms with van der Waals surface area (Å²) in [5, 5.41) is 2.76. The zero-order chi connectivity index (χ0) is 18.4. The van der Waals surface area contributed by atoms with Crippen molar-refractivity contribution in [2.45, 2.75) is 20.8 Å². The first kappa shape index (κ1) is 18.4. The molecule has 0 saturated heterocycles. The molecule has 0 aliphatic heterocycles. The minimum Gasteiger partial charge on any atom is -0.452 e. The Labute approximate surface area is 146 Å². The fraction of sp³-hybridized carbons (Fsp3) is 0.200. The SMILES string of the molecule is Cc1cc(C)c(NC(=O)COC(=O)/C=C/c2ccc(F)cc2)c(C)c1. The molecular formula is C20H20FNO3. The number of carbonyl (C=O) groups is 2. The highest BCUT2D eigenvalue weighted by molar-refractivity contribution is 5.95. The van der Waals surface area contributed by atoms with Crippen molar-refractivity contribution in [1.29, 1.82) is 0 Å². The van der Waals surface area contributed by atoms with E-state index in [-0.39, 0.29) is 12.4 Å². The van der Waals surface area contributed by atoms with E-state index in [2.05, 4.69) is 5.32 Å². The molecule has 0 unspecified atom stereocenters. The number of hydrogen-bond donors (Lipinski definition) is 1. The largest absolute Gasteiger partial charge is 0.452 e. The third kappa shape index (κ3) is 5.57. The van der Waals surface area contributed by atoms with Gasteiger partial charge in [-0.05, 0) is 55.7 Å². The summed E-state index contributed by atoms with van der Waals surface area (Å²) in [6.45, 7) is 5.43. The molecule has 0 fully saturated rings. The van der Waals surface area contributed by atoms with Crippen LogP contribution in [0, 0.1) is 26.6 Å². The van der Waals surface area contributed by atoms with E-state index in [9.17, 15) is 14.0 Å². The molecule has 0 aromatic heterocycles. The summed E-state index contributed by atoms with van der Waals surface area (Å²) in [7, 11) is 0. The number of aryl methyl sites for hydroxylation is 3. The van der Waals surface area contributed by atoms with Crippen LogP contribution in [0.15, 0.2) is 42.5 Å². The highest BCUT2D eigenvalue weighted by Gasteiger charge is 2.10. The number of carbonyl (C=O) groups excluding carboxylic acids is 2. The Balaban J connectivity index is 1.87.